The van der Waals surface area contributed by atoms with Gasteiger partial charge >= 0.3 is 0 Å². The SMILES string of the molecule is CCc1cc(Nc2nc(Nc3ccc4c(=O)[nH][nH]c4c3)nc3ccc(-c4ccccc4)cc23)n[nH]1. The largest absolute Gasteiger partial charge is 0.324 e. The van der Waals surface area contributed by atoms with Gasteiger partial charge in [0.25, 0.3) is 5.56 Å². The number of hydrogen-bond acceptors (Lipinski definition) is 6. The quantitative estimate of drug-likeness (QED) is 0.230. The Bertz CT molecular complexity index is 1710. The van der Waals surface area contributed by atoms with E-state index in [0.717, 1.165) is 39.8 Å². The summed E-state index contributed by atoms with van der Waals surface area (Å²) in [6.07, 6.45) is 0.855. The number of benzene rings is 3. The van der Waals surface area contributed by atoms with Crippen molar-refractivity contribution in [3.63, 3.8) is 0 Å². The summed E-state index contributed by atoms with van der Waals surface area (Å²) in [6.45, 7) is 2.07. The van der Waals surface area contributed by atoms with Crippen LogP contribution in [0.1, 0.15) is 12.6 Å². The van der Waals surface area contributed by atoms with Crippen LogP contribution in [-0.2, 0) is 6.42 Å². The number of anilines is 4. The van der Waals surface area contributed by atoms with E-state index in [-0.39, 0.29) is 5.56 Å². The molecule has 0 unspecified atom stereocenters. The molecule has 9 heteroatoms. The third kappa shape index (κ3) is 3.99. The van der Waals surface area contributed by atoms with Gasteiger partial charge in [-0.25, -0.2) is 4.98 Å². The van der Waals surface area contributed by atoms with E-state index in [1.54, 1.807) is 6.07 Å². The summed E-state index contributed by atoms with van der Waals surface area (Å²) in [4.78, 5) is 21.3. The van der Waals surface area contributed by atoms with Gasteiger partial charge in [0.05, 0.1) is 16.4 Å². The maximum atomic E-state index is 11.8. The lowest BCUT2D eigenvalue weighted by Crippen LogP contribution is -2.03. The zero-order valence-electron chi connectivity index (χ0n) is 18.9. The third-order valence-corrected chi connectivity index (χ3v) is 5.89. The topological polar surface area (TPSA) is 127 Å². The third-order valence-electron chi connectivity index (χ3n) is 5.89. The molecule has 5 N–H and O–H groups in total. The van der Waals surface area contributed by atoms with Gasteiger partial charge in [0.15, 0.2) is 5.82 Å². The second-order valence-electron chi connectivity index (χ2n) is 8.22. The average Bonchev–Trinajstić information content (AvgIpc) is 3.50. The van der Waals surface area contributed by atoms with Gasteiger partial charge in [-0.3, -0.25) is 20.1 Å². The molecule has 0 saturated heterocycles. The Morgan fingerprint density at radius 1 is 0.829 bits per heavy atom. The zero-order chi connectivity index (χ0) is 23.8. The average molecular weight is 463 g/mol. The van der Waals surface area contributed by atoms with E-state index in [1.165, 1.54) is 0 Å². The van der Waals surface area contributed by atoms with E-state index in [1.807, 2.05) is 42.5 Å². The Labute approximate surface area is 199 Å². The van der Waals surface area contributed by atoms with Gasteiger partial charge in [-0.1, -0.05) is 43.3 Å². The maximum absolute atomic E-state index is 11.8. The minimum Gasteiger partial charge on any atom is -0.324 e. The molecule has 0 aliphatic heterocycles. The minimum atomic E-state index is -0.153. The highest BCUT2D eigenvalue weighted by molar-refractivity contribution is 5.95. The molecule has 6 rings (SSSR count). The number of aryl methyl sites for hydroxylation is 1. The van der Waals surface area contributed by atoms with Crippen molar-refractivity contribution in [2.24, 2.45) is 0 Å². The van der Waals surface area contributed by atoms with Crippen molar-refractivity contribution >= 4 is 45.1 Å². The van der Waals surface area contributed by atoms with Crippen molar-refractivity contribution < 1.29 is 0 Å². The van der Waals surface area contributed by atoms with Crippen LogP contribution in [0.5, 0.6) is 0 Å². The Balaban J connectivity index is 1.43. The summed E-state index contributed by atoms with van der Waals surface area (Å²) in [6, 6.07) is 23.7. The molecule has 0 saturated carbocycles. The van der Waals surface area contributed by atoms with Crippen molar-refractivity contribution in [1.29, 1.82) is 0 Å². The number of nitrogens with zero attached hydrogens (tertiary/aromatic N) is 3. The highest BCUT2D eigenvalue weighted by Crippen LogP contribution is 2.30. The number of H-pyrrole nitrogens is 3. The highest BCUT2D eigenvalue weighted by Gasteiger charge is 2.12. The minimum absolute atomic E-state index is 0.153. The van der Waals surface area contributed by atoms with Crippen LogP contribution < -0.4 is 16.2 Å². The Morgan fingerprint density at radius 2 is 1.71 bits per heavy atom. The van der Waals surface area contributed by atoms with E-state index in [4.69, 9.17) is 9.97 Å². The fourth-order valence-electron chi connectivity index (χ4n) is 4.06. The first-order valence-electron chi connectivity index (χ1n) is 11.3. The fraction of sp³-hybridized carbons (Fsp3) is 0.0769. The molecule has 0 spiro atoms. The number of hydrogen-bond donors (Lipinski definition) is 5. The summed E-state index contributed by atoms with van der Waals surface area (Å²) in [5.41, 5.74) is 5.31. The van der Waals surface area contributed by atoms with E-state index in [2.05, 4.69) is 62.2 Å². The van der Waals surface area contributed by atoms with E-state index < -0.39 is 0 Å². The summed E-state index contributed by atoms with van der Waals surface area (Å²) in [7, 11) is 0. The van der Waals surface area contributed by atoms with Gasteiger partial charge in [0.2, 0.25) is 5.95 Å². The van der Waals surface area contributed by atoms with Crippen molar-refractivity contribution in [2.45, 2.75) is 13.3 Å². The van der Waals surface area contributed by atoms with Crippen molar-refractivity contribution in [1.82, 2.24) is 30.4 Å². The molecule has 6 aromatic rings. The van der Waals surface area contributed by atoms with Crippen LogP contribution in [0.15, 0.2) is 77.6 Å². The normalized spacial score (nSPS) is 11.2. The number of rotatable bonds is 6. The predicted octanol–water partition coefficient (Wildman–Crippen LogP) is 5.24. The van der Waals surface area contributed by atoms with Gasteiger partial charge in [0, 0.05) is 22.8 Å². The first-order valence-corrected chi connectivity index (χ1v) is 11.3. The second kappa shape index (κ2) is 8.45. The van der Waals surface area contributed by atoms with E-state index in [9.17, 15) is 4.79 Å². The summed E-state index contributed by atoms with van der Waals surface area (Å²) < 4.78 is 0. The number of fused-ring (bicyclic) bond motifs is 2. The molecule has 35 heavy (non-hydrogen) atoms. The van der Waals surface area contributed by atoms with Gasteiger partial charge in [-0.15, -0.1) is 0 Å². The smallest absolute Gasteiger partial charge is 0.271 e. The molecule has 0 bridgehead atoms. The van der Waals surface area contributed by atoms with Crippen LogP contribution in [0.2, 0.25) is 0 Å². The molecule has 0 aliphatic rings. The van der Waals surface area contributed by atoms with Crippen LogP contribution >= 0.6 is 0 Å². The van der Waals surface area contributed by atoms with Crippen LogP contribution in [0, 0.1) is 0 Å². The van der Waals surface area contributed by atoms with Gasteiger partial charge in [-0.05, 0) is 47.9 Å². The van der Waals surface area contributed by atoms with Crippen molar-refractivity contribution in [3.05, 3.63) is 88.8 Å². The Hall–Kier alpha value is -4.92. The molecule has 0 radical (unpaired) electrons. The van der Waals surface area contributed by atoms with Crippen LogP contribution in [0.3, 0.4) is 0 Å². The molecule has 3 heterocycles. The highest BCUT2D eigenvalue weighted by atomic mass is 16.1. The van der Waals surface area contributed by atoms with Crippen LogP contribution in [-0.4, -0.2) is 30.4 Å². The summed E-state index contributed by atoms with van der Waals surface area (Å²) >= 11 is 0. The van der Waals surface area contributed by atoms with Crippen molar-refractivity contribution in [2.75, 3.05) is 10.6 Å². The first-order chi connectivity index (χ1) is 17.2. The lowest BCUT2D eigenvalue weighted by atomic mass is 10.0. The lowest BCUT2D eigenvalue weighted by molar-refractivity contribution is 0.976. The van der Waals surface area contributed by atoms with E-state index in [0.29, 0.717) is 28.5 Å². The van der Waals surface area contributed by atoms with Gasteiger partial charge < -0.3 is 10.6 Å². The van der Waals surface area contributed by atoms with Gasteiger partial charge in [-0.2, -0.15) is 10.1 Å². The Kier molecular flexibility index (Phi) is 4.99. The number of aromatic amines is 3. The number of nitrogens with one attached hydrogen (secondary N) is 5. The maximum Gasteiger partial charge on any atom is 0.271 e. The number of aromatic nitrogens is 6. The molecular formula is C26H22N8O. The summed E-state index contributed by atoms with van der Waals surface area (Å²) in [5, 5.41) is 21.0. The molecule has 3 aromatic heterocycles. The van der Waals surface area contributed by atoms with Gasteiger partial charge in [0.1, 0.15) is 5.82 Å². The predicted molar refractivity (Wildman–Crippen MR) is 138 cm³/mol. The molecular weight excluding hydrogens is 440 g/mol. The molecule has 0 aliphatic carbocycles. The fourth-order valence-corrected chi connectivity index (χ4v) is 4.06. The lowest BCUT2D eigenvalue weighted by Gasteiger charge is -2.12. The summed E-state index contributed by atoms with van der Waals surface area (Å²) in [5.74, 6) is 1.75. The molecule has 9 nitrogen and oxygen atoms in total. The first kappa shape index (κ1) is 20.7. The second-order valence-corrected chi connectivity index (χ2v) is 8.22. The van der Waals surface area contributed by atoms with Crippen LogP contribution in [0.4, 0.5) is 23.3 Å². The zero-order valence-corrected chi connectivity index (χ0v) is 18.9. The molecule has 3 aromatic carbocycles. The van der Waals surface area contributed by atoms with Crippen molar-refractivity contribution in [3.8, 4) is 11.1 Å². The molecule has 0 amide bonds. The van der Waals surface area contributed by atoms with Crippen LogP contribution in [0.25, 0.3) is 32.9 Å². The molecule has 172 valence electrons. The van der Waals surface area contributed by atoms with E-state index >= 15 is 0 Å². The standard InChI is InChI=1S/C26H22N8O/c1-2-17-14-23(33-31-17)29-24-20-12-16(15-6-4-3-5-7-15)8-11-21(20)28-26(30-24)27-18-9-10-19-22(13-18)32-34-25(19)35/h3-14H,2H2,1H3,(H2,32,34,35)(H3,27,28,29,30,31,33). The molecule has 0 atom stereocenters. The molecule has 0 fully saturated rings. The Morgan fingerprint density at radius 3 is 2.54 bits per heavy atom. The monoisotopic (exact) mass is 462 g/mol.